The first kappa shape index (κ1) is 12.9. The van der Waals surface area contributed by atoms with Crippen LogP contribution in [0, 0.1) is 0 Å². The molecule has 0 unspecified atom stereocenters. The predicted octanol–water partition coefficient (Wildman–Crippen LogP) is 3.30. The Morgan fingerprint density at radius 3 is 2.58 bits per heavy atom. The molecule has 19 heavy (non-hydrogen) atoms. The lowest BCUT2D eigenvalue weighted by molar-refractivity contribution is 0.104. The molecule has 0 aromatic heterocycles. The van der Waals surface area contributed by atoms with Gasteiger partial charge in [-0.3, -0.25) is 4.79 Å². The van der Waals surface area contributed by atoms with E-state index >= 15 is 0 Å². The molecule has 0 aliphatic rings. The van der Waals surface area contributed by atoms with E-state index in [0.717, 1.165) is 0 Å². The topological polar surface area (TPSA) is 46.5 Å². The fourth-order valence-corrected chi connectivity index (χ4v) is 1.66. The Hall–Kier alpha value is -2.55. The average Bonchev–Trinajstić information content (AvgIpc) is 2.47. The molecule has 0 saturated carbocycles. The van der Waals surface area contributed by atoms with E-state index in [1.54, 1.807) is 37.5 Å². The number of carbonyl (C=O) groups is 1. The molecule has 2 aromatic carbocycles. The molecule has 0 bridgehead atoms. The largest absolute Gasteiger partial charge is 0.507 e. The molecule has 96 valence electrons. The molecule has 0 aliphatic carbocycles. The molecule has 3 heteroatoms. The highest BCUT2D eigenvalue weighted by atomic mass is 16.5. The van der Waals surface area contributed by atoms with Gasteiger partial charge in [0.15, 0.2) is 5.78 Å². The summed E-state index contributed by atoms with van der Waals surface area (Å²) < 4.78 is 5.07. The lowest BCUT2D eigenvalue weighted by Gasteiger charge is -2.03. The molecule has 0 fully saturated rings. The molecule has 0 radical (unpaired) electrons. The standard InChI is InChI=1S/C16H14O3/c1-19-14-8-10-16(18)13(11-14)7-9-15(17)12-5-3-2-4-6-12/h2-11,18H,1H3. The molecule has 0 aliphatic heterocycles. The third-order valence-corrected chi connectivity index (χ3v) is 2.71. The van der Waals surface area contributed by atoms with Crippen molar-refractivity contribution in [3.05, 3.63) is 65.7 Å². The van der Waals surface area contributed by atoms with Crippen LogP contribution >= 0.6 is 0 Å². The van der Waals surface area contributed by atoms with E-state index in [1.807, 2.05) is 18.2 Å². The van der Waals surface area contributed by atoms with E-state index in [0.29, 0.717) is 16.9 Å². The molecule has 2 aromatic rings. The minimum absolute atomic E-state index is 0.109. The van der Waals surface area contributed by atoms with Gasteiger partial charge in [-0.2, -0.15) is 0 Å². The van der Waals surface area contributed by atoms with Crippen molar-refractivity contribution in [2.75, 3.05) is 7.11 Å². The number of hydrogen-bond acceptors (Lipinski definition) is 3. The smallest absolute Gasteiger partial charge is 0.185 e. The van der Waals surface area contributed by atoms with Gasteiger partial charge in [0.05, 0.1) is 7.11 Å². The van der Waals surface area contributed by atoms with Gasteiger partial charge in [-0.25, -0.2) is 0 Å². The number of phenolic OH excluding ortho intramolecular Hbond substituents is 1. The first-order chi connectivity index (χ1) is 9.20. The van der Waals surface area contributed by atoms with Gasteiger partial charge in [0.1, 0.15) is 11.5 Å². The van der Waals surface area contributed by atoms with Crippen LogP contribution in [0.15, 0.2) is 54.6 Å². The average molecular weight is 254 g/mol. The van der Waals surface area contributed by atoms with Crippen LogP contribution in [-0.4, -0.2) is 18.0 Å². The Morgan fingerprint density at radius 2 is 1.89 bits per heavy atom. The summed E-state index contributed by atoms with van der Waals surface area (Å²) in [5.74, 6) is 0.630. The van der Waals surface area contributed by atoms with Crippen molar-refractivity contribution >= 4 is 11.9 Å². The first-order valence-corrected chi connectivity index (χ1v) is 5.85. The van der Waals surface area contributed by atoms with Crippen LogP contribution in [0.2, 0.25) is 0 Å². The van der Waals surface area contributed by atoms with E-state index in [4.69, 9.17) is 4.74 Å². The summed E-state index contributed by atoms with van der Waals surface area (Å²) in [6.45, 7) is 0. The van der Waals surface area contributed by atoms with Gasteiger partial charge in [-0.05, 0) is 30.4 Å². The monoisotopic (exact) mass is 254 g/mol. The Kier molecular flexibility index (Phi) is 3.98. The third-order valence-electron chi connectivity index (χ3n) is 2.71. The molecule has 1 N–H and O–H groups in total. The Labute approximate surface area is 111 Å². The molecule has 0 heterocycles. The van der Waals surface area contributed by atoms with Crippen LogP contribution < -0.4 is 4.74 Å². The van der Waals surface area contributed by atoms with E-state index in [9.17, 15) is 9.90 Å². The molecule has 3 nitrogen and oxygen atoms in total. The lowest BCUT2D eigenvalue weighted by atomic mass is 10.1. The molecule has 0 spiro atoms. The van der Waals surface area contributed by atoms with Crippen LogP contribution in [0.4, 0.5) is 0 Å². The van der Waals surface area contributed by atoms with Crippen LogP contribution in [0.25, 0.3) is 6.08 Å². The van der Waals surface area contributed by atoms with Crippen molar-refractivity contribution < 1.29 is 14.6 Å². The normalized spacial score (nSPS) is 10.6. The van der Waals surface area contributed by atoms with Gasteiger partial charge in [-0.15, -0.1) is 0 Å². The number of rotatable bonds is 4. The second kappa shape index (κ2) is 5.87. The number of allylic oxidation sites excluding steroid dienone is 1. The summed E-state index contributed by atoms with van der Waals surface area (Å²) in [6.07, 6.45) is 3.01. The molecular formula is C16H14O3. The van der Waals surface area contributed by atoms with Crippen molar-refractivity contribution in [3.8, 4) is 11.5 Å². The van der Waals surface area contributed by atoms with Gasteiger partial charge in [0.25, 0.3) is 0 Å². The summed E-state index contributed by atoms with van der Waals surface area (Å²) in [7, 11) is 1.55. The van der Waals surface area contributed by atoms with Crippen molar-refractivity contribution in [3.63, 3.8) is 0 Å². The van der Waals surface area contributed by atoms with Crippen molar-refractivity contribution in [2.24, 2.45) is 0 Å². The maximum absolute atomic E-state index is 11.9. The summed E-state index contributed by atoms with van der Waals surface area (Å²) in [6, 6.07) is 13.8. The van der Waals surface area contributed by atoms with Gasteiger partial charge < -0.3 is 9.84 Å². The molecular weight excluding hydrogens is 240 g/mol. The zero-order valence-corrected chi connectivity index (χ0v) is 10.5. The SMILES string of the molecule is COc1ccc(O)c(C=CC(=O)c2ccccc2)c1. The minimum Gasteiger partial charge on any atom is -0.507 e. The van der Waals surface area contributed by atoms with E-state index in [2.05, 4.69) is 0 Å². The highest BCUT2D eigenvalue weighted by Crippen LogP contribution is 2.24. The number of carbonyl (C=O) groups excluding carboxylic acids is 1. The van der Waals surface area contributed by atoms with Gasteiger partial charge in [0.2, 0.25) is 0 Å². The maximum atomic E-state index is 11.9. The van der Waals surface area contributed by atoms with E-state index < -0.39 is 0 Å². The Balaban J connectivity index is 2.21. The summed E-state index contributed by atoms with van der Waals surface area (Å²) in [4.78, 5) is 11.9. The summed E-state index contributed by atoms with van der Waals surface area (Å²) in [5, 5.41) is 9.70. The quantitative estimate of drug-likeness (QED) is 0.672. The highest BCUT2D eigenvalue weighted by molar-refractivity contribution is 6.06. The van der Waals surface area contributed by atoms with Crippen molar-refractivity contribution in [2.45, 2.75) is 0 Å². The van der Waals surface area contributed by atoms with Crippen LogP contribution in [0.3, 0.4) is 0 Å². The fourth-order valence-electron chi connectivity index (χ4n) is 1.66. The Morgan fingerprint density at radius 1 is 1.16 bits per heavy atom. The Bertz CT molecular complexity index is 601. The lowest BCUT2D eigenvalue weighted by Crippen LogP contribution is -1.92. The summed E-state index contributed by atoms with van der Waals surface area (Å²) in [5.41, 5.74) is 1.16. The third kappa shape index (κ3) is 3.22. The van der Waals surface area contributed by atoms with Crippen molar-refractivity contribution in [1.82, 2.24) is 0 Å². The van der Waals surface area contributed by atoms with Crippen LogP contribution in [-0.2, 0) is 0 Å². The predicted molar refractivity (Wildman–Crippen MR) is 74.5 cm³/mol. The zero-order valence-electron chi connectivity index (χ0n) is 10.5. The van der Waals surface area contributed by atoms with Crippen molar-refractivity contribution in [1.29, 1.82) is 0 Å². The number of phenols is 1. The first-order valence-electron chi connectivity index (χ1n) is 5.85. The number of ketones is 1. The molecule has 2 rings (SSSR count). The summed E-state index contributed by atoms with van der Waals surface area (Å²) >= 11 is 0. The second-order valence-electron chi connectivity index (χ2n) is 3.99. The number of aromatic hydroxyl groups is 1. The fraction of sp³-hybridized carbons (Fsp3) is 0.0625. The molecule has 0 atom stereocenters. The van der Waals surface area contributed by atoms with Gasteiger partial charge >= 0.3 is 0 Å². The maximum Gasteiger partial charge on any atom is 0.185 e. The molecule has 0 saturated heterocycles. The number of benzene rings is 2. The van der Waals surface area contributed by atoms with Gasteiger partial charge in [0, 0.05) is 11.1 Å². The second-order valence-corrected chi connectivity index (χ2v) is 3.99. The van der Waals surface area contributed by atoms with Crippen LogP contribution in [0.5, 0.6) is 11.5 Å². The highest BCUT2D eigenvalue weighted by Gasteiger charge is 2.03. The van der Waals surface area contributed by atoms with E-state index in [-0.39, 0.29) is 11.5 Å². The van der Waals surface area contributed by atoms with Gasteiger partial charge in [-0.1, -0.05) is 30.3 Å². The van der Waals surface area contributed by atoms with E-state index in [1.165, 1.54) is 12.1 Å². The number of methoxy groups -OCH3 is 1. The number of hydrogen-bond donors (Lipinski definition) is 1. The number of ether oxygens (including phenoxy) is 1. The zero-order chi connectivity index (χ0) is 13.7. The van der Waals surface area contributed by atoms with Crippen LogP contribution in [0.1, 0.15) is 15.9 Å². The minimum atomic E-state index is -0.109. The molecule has 0 amide bonds.